The Labute approximate surface area is 136 Å². The third kappa shape index (κ3) is 4.98. The normalized spacial score (nSPS) is 10.5. The number of hydrogen-bond acceptors (Lipinski definition) is 7. The lowest BCUT2D eigenvalue weighted by Gasteiger charge is -2.12. The minimum absolute atomic E-state index is 0.503. The van der Waals surface area contributed by atoms with Crippen LogP contribution in [0.3, 0.4) is 0 Å². The topological polar surface area (TPSA) is 81.2 Å². The van der Waals surface area contributed by atoms with Gasteiger partial charge in [0.2, 0.25) is 5.95 Å². The van der Waals surface area contributed by atoms with Crippen LogP contribution in [0.4, 0.5) is 17.5 Å². The van der Waals surface area contributed by atoms with E-state index in [9.17, 15) is 0 Å². The zero-order valence-electron chi connectivity index (χ0n) is 14.0. The molecule has 0 aliphatic rings. The van der Waals surface area contributed by atoms with Crippen LogP contribution in [0, 0.1) is 5.92 Å². The van der Waals surface area contributed by atoms with Gasteiger partial charge in [0.15, 0.2) is 5.82 Å². The van der Waals surface area contributed by atoms with Crippen LogP contribution in [0.5, 0.6) is 11.5 Å². The van der Waals surface area contributed by atoms with Crippen LogP contribution >= 0.6 is 0 Å². The van der Waals surface area contributed by atoms with Gasteiger partial charge in [0, 0.05) is 12.6 Å². The first-order valence-electron chi connectivity index (χ1n) is 7.55. The van der Waals surface area contributed by atoms with Crippen molar-refractivity contribution in [2.75, 3.05) is 31.4 Å². The van der Waals surface area contributed by atoms with E-state index in [1.807, 2.05) is 12.1 Å². The van der Waals surface area contributed by atoms with Crippen LogP contribution < -0.4 is 20.1 Å². The van der Waals surface area contributed by atoms with Crippen molar-refractivity contribution in [1.82, 2.24) is 15.2 Å². The third-order valence-corrected chi connectivity index (χ3v) is 3.24. The van der Waals surface area contributed by atoms with E-state index in [-0.39, 0.29) is 0 Å². The molecule has 0 aliphatic heterocycles. The number of rotatable bonds is 8. The van der Waals surface area contributed by atoms with Crippen LogP contribution in [0.15, 0.2) is 24.4 Å². The van der Waals surface area contributed by atoms with Crippen molar-refractivity contribution >= 4 is 17.5 Å². The number of anilines is 3. The Morgan fingerprint density at radius 2 is 2.00 bits per heavy atom. The average molecular weight is 317 g/mol. The number of nitrogens with zero attached hydrogens (tertiary/aromatic N) is 3. The van der Waals surface area contributed by atoms with Gasteiger partial charge < -0.3 is 20.1 Å². The summed E-state index contributed by atoms with van der Waals surface area (Å²) in [4.78, 5) is 4.40. The van der Waals surface area contributed by atoms with E-state index in [2.05, 4.69) is 39.7 Å². The van der Waals surface area contributed by atoms with Gasteiger partial charge in [-0.3, -0.25) is 0 Å². The Hall–Kier alpha value is -2.57. The first kappa shape index (κ1) is 16.8. The monoisotopic (exact) mass is 317 g/mol. The Morgan fingerprint density at radius 1 is 1.17 bits per heavy atom. The van der Waals surface area contributed by atoms with Crippen molar-refractivity contribution < 1.29 is 9.47 Å². The zero-order valence-corrected chi connectivity index (χ0v) is 14.0. The number of benzene rings is 1. The summed E-state index contributed by atoms with van der Waals surface area (Å²) >= 11 is 0. The Balaban J connectivity index is 2.08. The Morgan fingerprint density at radius 3 is 2.70 bits per heavy atom. The molecule has 2 N–H and O–H groups in total. The number of methoxy groups -OCH3 is 2. The van der Waals surface area contributed by atoms with E-state index in [4.69, 9.17) is 9.47 Å². The fraction of sp³-hybridized carbons (Fsp3) is 0.438. The van der Waals surface area contributed by atoms with Crippen molar-refractivity contribution in [3.8, 4) is 11.5 Å². The smallest absolute Gasteiger partial charge is 0.244 e. The second-order valence-electron chi connectivity index (χ2n) is 5.47. The van der Waals surface area contributed by atoms with Crippen molar-refractivity contribution in [1.29, 1.82) is 0 Å². The molecule has 2 rings (SSSR count). The summed E-state index contributed by atoms with van der Waals surface area (Å²) in [5.74, 6) is 3.11. The summed E-state index contributed by atoms with van der Waals surface area (Å²) in [6.45, 7) is 5.16. The molecule has 2 aromatic rings. The van der Waals surface area contributed by atoms with Gasteiger partial charge in [0.05, 0.1) is 26.1 Å². The average Bonchev–Trinajstić information content (AvgIpc) is 2.55. The number of nitrogens with one attached hydrogen (secondary N) is 2. The predicted molar refractivity (Wildman–Crippen MR) is 90.6 cm³/mol. The second kappa shape index (κ2) is 8.17. The molecule has 0 aliphatic carbocycles. The third-order valence-electron chi connectivity index (χ3n) is 3.24. The first-order valence-corrected chi connectivity index (χ1v) is 7.55. The molecule has 0 atom stereocenters. The number of aromatic nitrogens is 3. The van der Waals surface area contributed by atoms with E-state index >= 15 is 0 Å². The van der Waals surface area contributed by atoms with Crippen LogP contribution in [0.2, 0.25) is 0 Å². The SMILES string of the molecule is COc1ccc(Nc2cnnc(NCCC(C)C)n2)c(OC)c1. The Bertz CT molecular complexity index is 634. The van der Waals surface area contributed by atoms with Crippen molar-refractivity contribution in [3.63, 3.8) is 0 Å². The van der Waals surface area contributed by atoms with Gasteiger partial charge in [0.1, 0.15) is 11.5 Å². The van der Waals surface area contributed by atoms with Gasteiger partial charge in [-0.05, 0) is 24.5 Å². The molecule has 0 amide bonds. The molecule has 0 bridgehead atoms. The maximum atomic E-state index is 5.36. The maximum absolute atomic E-state index is 5.36. The lowest BCUT2D eigenvalue weighted by molar-refractivity contribution is 0.395. The van der Waals surface area contributed by atoms with Gasteiger partial charge in [0.25, 0.3) is 0 Å². The van der Waals surface area contributed by atoms with Gasteiger partial charge in [-0.2, -0.15) is 10.1 Å². The van der Waals surface area contributed by atoms with Crippen molar-refractivity contribution in [3.05, 3.63) is 24.4 Å². The molecule has 1 aromatic carbocycles. The molecule has 124 valence electrons. The molecule has 0 spiro atoms. The molecule has 7 heteroatoms. The van der Waals surface area contributed by atoms with Crippen LogP contribution in [-0.2, 0) is 0 Å². The molecule has 0 radical (unpaired) electrons. The summed E-state index contributed by atoms with van der Waals surface area (Å²) in [6, 6.07) is 5.52. The number of hydrogen-bond donors (Lipinski definition) is 2. The van der Waals surface area contributed by atoms with Gasteiger partial charge in [-0.25, -0.2) is 0 Å². The highest BCUT2D eigenvalue weighted by Gasteiger charge is 2.07. The van der Waals surface area contributed by atoms with Gasteiger partial charge in [-0.1, -0.05) is 13.8 Å². The molecule has 0 fully saturated rings. The minimum atomic E-state index is 0.503. The van der Waals surface area contributed by atoms with Crippen molar-refractivity contribution in [2.45, 2.75) is 20.3 Å². The zero-order chi connectivity index (χ0) is 16.7. The largest absolute Gasteiger partial charge is 0.497 e. The van der Waals surface area contributed by atoms with E-state index in [0.29, 0.717) is 23.4 Å². The van der Waals surface area contributed by atoms with E-state index in [1.165, 1.54) is 0 Å². The van der Waals surface area contributed by atoms with E-state index < -0.39 is 0 Å². The fourth-order valence-electron chi connectivity index (χ4n) is 1.95. The molecule has 0 saturated heterocycles. The summed E-state index contributed by atoms with van der Waals surface area (Å²) in [5.41, 5.74) is 0.780. The highest BCUT2D eigenvalue weighted by molar-refractivity contribution is 5.65. The van der Waals surface area contributed by atoms with Gasteiger partial charge >= 0.3 is 0 Å². The van der Waals surface area contributed by atoms with E-state index in [0.717, 1.165) is 24.4 Å². The molecular weight excluding hydrogens is 294 g/mol. The fourth-order valence-corrected chi connectivity index (χ4v) is 1.95. The standard InChI is InChI=1S/C16H23N5O2/c1-11(2)7-8-17-16-20-15(10-18-21-16)19-13-6-5-12(22-3)9-14(13)23-4/h5-6,9-11H,7-8H2,1-4H3,(H2,17,19,20,21). The summed E-state index contributed by atoms with van der Waals surface area (Å²) in [6.07, 6.45) is 2.62. The summed E-state index contributed by atoms with van der Waals surface area (Å²) in [7, 11) is 3.22. The highest BCUT2D eigenvalue weighted by atomic mass is 16.5. The lowest BCUT2D eigenvalue weighted by Crippen LogP contribution is -2.09. The van der Waals surface area contributed by atoms with Crippen LogP contribution in [0.1, 0.15) is 20.3 Å². The van der Waals surface area contributed by atoms with Crippen LogP contribution in [0.25, 0.3) is 0 Å². The number of ether oxygens (including phenoxy) is 2. The molecule has 23 heavy (non-hydrogen) atoms. The molecule has 1 aromatic heterocycles. The predicted octanol–water partition coefficient (Wildman–Crippen LogP) is 3.09. The molecule has 1 heterocycles. The molecule has 7 nitrogen and oxygen atoms in total. The maximum Gasteiger partial charge on any atom is 0.244 e. The molecule has 0 saturated carbocycles. The summed E-state index contributed by atoms with van der Waals surface area (Å²) in [5, 5.41) is 14.3. The minimum Gasteiger partial charge on any atom is -0.497 e. The van der Waals surface area contributed by atoms with Gasteiger partial charge in [-0.15, -0.1) is 5.10 Å². The first-order chi connectivity index (χ1) is 11.1. The molecule has 0 unspecified atom stereocenters. The summed E-state index contributed by atoms with van der Waals surface area (Å²) < 4.78 is 10.5. The highest BCUT2D eigenvalue weighted by Crippen LogP contribution is 2.30. The second-order valence-corrected chi connectivity index (χ2v) is 5.47. The lowest BCUT2D eigenvalue weighted by atomic mass is 10.1. The van der Waals surface area contributed by atoms with Crippen LogP contribution in [-0.4, -0.2) is 35.9 Å². The Kier molecular flexibility index (Phi) is 5.96. The quantitative estimate of drug-likeness (QED) is 0.774. The van der Waals surface area contributed by atoms with Crippen molar-refractivity contribution in [2.24, 2.45) is 5.92 Å². The van der Waals surface area contributed by atoms with E-state index in [1.54, 1.807) is 26.5 Å². The molecular formula is C16H23N5O2.